The summed E-state index contributed by atoms with van der Waals surface area (Å²) in [4.78, 5) is 28.8. The van der Waals surface area contributed by atoms with Crippen LogP contribution in [0.5, 0.6) is 0 Å². The van der Waals surface area contributed by atoms with E-state index in [-0.39, 0.29) is 11.8 Å². The number of nitrogens with zero attached hydrogens (tertiary/aromatic N) is 2. The molecule has 0 saturated carbocycles. The first-order chi connectivity index (χ1) is 12.1. The lowest BCUT2D eigenvalue weighted by Crippen LogP contribution is -2.50. The number of benzene rings is 2. The molecule has 0 N–H and O–H groups in total. The fourth-order valence-electron chi connectivity index (χ4n) is 2.95. The number of halogens is 1. The standard InChI is InChI=1S/C20H21IN2O2/c1-2-15-3-5-16(6-4-15)19(24)22-11-13-23(14-12-22)20(25)17-7-9-18(21)10-8-17/h3-10H,2,11-14H2,1H3. The molecule has 0 unspecified atom stereocenters. The molecule has 130 valence electrons. The van der Waals surface area contributed by atoms with Crippen molar-refractivity contribution in [2.45, 2.75) is 13.3 Å². The van der Waals surface area contributed by atoms with Gasteiger partial charge in [0.05, 0.1) is 0 Å². The lowest BCUT2D eigenvalue weighted by molar-refractivity contribution is 0.0535. The summed E-state index contributed by atoms with van der Waals surface area (Å²) in [5, 5.41) is 0. The van der Waals surface area contributed by atoms with Crippen molar-refractivity contribution in [1.29, 1.82) is 0 Å². The second-order valence-corrected chi connectivity index (χ2v) is 7.39. The lowest BCUT2D eigenvalue weighted by atomic mass is 10.1. The van der Waals surface area contributed by atoms with Crippen molar-refractivity contribution >= 4 is 34.4 Å². The Bertz CT molecular complexity index is 748. The minimum absolute atomic E-state index is 0.0378. The van der Waals surface area contributed by atoms with Crippen LogP contribution < -0.4 is 0 Å². The number of piperazine rings is 1. The normalized spacial score (nSPS) is 14.5. The third-order valence-corrected chi connectivity index (χ3v) is 5.27. The van der Waals surface area contributed by atoms with Gasteiger partial charge in [0.1, 0.15) is 0 Å². The molecule has 1 fully saturated rings. The van der Waals surface area contributed by atoms with Crippen LogP contribution in [0.3, 0.4) is 0 Å². The largest absolute Gasteiger partial charge is 0.335 e. The van der Waals surface area contributed by atoms with Crippen LogP contribution in [0.1, 0.15) is 33.2 Å². The fraction of sp³-hybridized carbons (Fsp3) is 0.300. The van der Waals surface area contributed by atoms with E-state index in [0.29, 0.717) is 31.7 Å². The van der Waals surface area contributed by atoms with Crippen LogP contribution in [0, 0.1) is 3.57 Å². The molecule has 0 aliphatic carbocycles. The van der Waals surface area contributed by atoms with Crippen LogP contribution in [0.2, 0.25) is 0 Å². The van der Waals surface area contributed by atoms with E-state index in [2.05, 4.69) is 29.5 Å². The van der Waals surface area contributed by atoms with Crippen LogP contribution in [0.4, 0.5) is 0 Å². The van der Waals surface area contributed by atoms with Crippen molar-refractivity contribution in [2.24, 2.45) is 0 Å². The van der Waals surface area contributed by atoms with Gasteiger partial charge in [-0.3, -0.25) is 9.59 Å². The Kier molecular flexibility index (Phi) is 5.73. The smallest absolute Gasteiger partial charge is 0.253 e. The summed E-state index contributed by atoms with van der Waals surface area (Å²) in [5.74, 6) is 0.0832. The van der Waals surface area contributed by atoms with Crippen LogP contribution in [0.15, 0.2) is 48.5 Å². The zero-order valence-electron chi connectivity index (χ0n) is 14.2. The van der Waals surface area contributed by atoms with Crippen molar-refractivity contribution in [2.75, 3.05) is 26.2 Å². The molecule has 5 heteroatoms. The van der Waals surface area contributed by atoms with Crippen molar-refractivity contribution in [1.82, 2.24) is 9.80 Å². The molecule has 0 radical (unpaired) electrons. The zero-order chi connectivity index (χ0) is 17.8. The van der Waals surface area contributed by atoms with Gasteiger partial charge in [-0.1, -0.05) is 19.1 Å². The second kappa shape index (κ2) is 7.99. The van der Waals surface area contributed by atoms with Crippen molar-refractivity contribution in [3.05, 3.63) is 68.8 Å². The Balaban J connectivity index is 1.60. The van der Waals surface area contributed by atoms with E-state index in [9.17, 15) is 9.59 Å². The van der Waals surface area contributed by atoms with Gasteiger partial charge in [0.15, 0.2) is 0 Å². The van der Waals surface area contributed by atoms with Gasteiger partial charge < -0.3 is 9.80 Å². The van der Waals surface area contributed by atoms with E-state index < -0.39 is 0 Å². The van der Waals surface area contributed by atoms with Crippen LogP contribution in [-0.2, 0) is 6.42 Å². The molecular weight excluding hydrogens is 427 g/mol. The molecule has 1 saturated heterocycles. The van der Waals surface area contributed by atoms with Crippen molar-refractivity contribution < 1.29 is 9.59 Å². The number of rotatable bonds is 3. The molecule has 4 nitrogen and oxygen atoms in total. The van der Waals surface area contributed by atoms with E-state index in [4.69, 9.17) is 0 Å². The van der Waals surface area contributed by atoms with Crippen LogP contribution in [0.25, 0.3) is 0 Å². The van der Waals surface area contributed by atoms with Gasteiger partial charge in [-0.2, -0.15) is 0 Å². The summed E-state index contributed by atoms with van der Waals surface area (Å²) in [7, 11) is 0. The predicted molar refractivity (Wildman–Crippen MR) is 107 cm³/mol. The molecule has 1 aliphatic heterocycles. The quantitative estimate of drug-likeness (QED) is 0.676. The molecule has 0 bridgehead atoms. The molecular formula is C20H21IN2O2. The van der Waals surface area contributed by atoms with Gasteiger partial charge in [0.2, 0.25) is 0 Å². The SMILES string of the molecule is CCc1ccc(C(=O)N2CCN(C(=O)c3ccc(I)cc3)CC2)cc1. The van der Waals surface area contributed by atoms with Gasteiger partial charge in [0, 0.05) is 40.9 Å². The monoisotopic (exact) mass is 448 g/mol. The molecule has 2 amide bonds. The Morgan fingerprint density at radius 2 is 1.20 bits per heavy atom. The van der Waals surface area contributed by atoms with Gasteiger partial charge in [-0.25, -0.2) is 0 Å². The third kappa shape index (κ3) is 4.21. The highest BCUT2D eigenvalue weighted by atomic mass is 127. The highest BCUT2D eigenvalue weighted by Gasteiger charge is 2.25. The molecule has 1 heterocycles. The van der Waals surface area contributed by atoms with Crippen LogP contribution in [-0.4, -0.2) is 47.8 Å². The number of carbonyl (C=O) groups excluding carboxylic acids is 2. The molecule has 1 aliphatic rings. The first-order valence-corrected chi connectivity index (χ1v) is 9.59. The van der Waals surface area contributed by atoms with E-state index in [1.165, 1.54) is 5.56 Å². The average molecular weight is 448 g/mol. The van der Waals surface area contributed by atoms with Gasteiger partial charge >= 0.3 is 0 Å². The second-order valence-electron chi connectivity index (χ2n) is 6.14. The Labute approximate surface area is 162 Å². The summed E-state index contributed by atoms with van der Waals surface area (Å²) < 4.78 is 1.11. The number of hydrogen-bond acceptors (Lipinski definition) is 2. The number of hydrogen-bond donors (Lipinski definition) is 0. The minimum atomic E-state index is 0.0378. The number of amides is 2. The third-order valence-electron chi connectivity index (χ3n) is 4.55. The maximum atomic E-state index is 12.6. The van der Waals surface area contributed by atoms with Crippen molar-refractivity contribution in [3.8, 4) is 0 Å². The highest BCUT2D eigenvalue weighted by Crippen LogP contribution is 2.14. The molecule has 0 aromatic heterocycles. The summed E-state index contributed by atoms with van der Waals surface area (Å²) >= 11 is 2.22. The summed E-state index contributed by atoms with van der Waals surface area (Å²) in [6, 6.07) is 15.4. The molecule has 3 rings (SSSR count). The van der Waals surface area contributed by atoms with Gasteiger partial charge in [0.25, 0.3) is 11.8 Å². The highest BCUT2D eigenvalue weighted by molar-refractivity contribution is 14.1. The minimum Gasteiger partial charge on any atom is -0.335 e. The molecule has 0 atom stereocenters. The maximum absolute atomic E-state index is 12.6. The number of aryl methyl sites for hydroxylation is 1. The molecule has 2 aromatic carbocycles. The van der Waals surface area contributed by atoms with E-state index >= 15 is 0 Å². The predicted octanol–water partition coefficient (Wildman–Crippen LogP) is 3.45. The summed E-state index contributed by atoms with van der Waals surface area (Å²) in [5.41, 5.74) is 2.65. The number of carbonyl (C=O) groups is 2. The lowest BCUT2D eigenvalue weighted by Gasteiger charge is -2.35. The van der Waals surface area contributed by atoms with Gasteiger partial charge in [-0.05, 0) is 71.0 Å². The Morgan fingerprint density at radius 3 is 1.60 bits per heavy atom. The topological polar surface area (TPSA) is 40.6 Å². The van der Waals surface area contributed by atoms with Crippen molar-refractivity contribution in [3.63, 3.8) is 0 Å². The first kappa shape index (κ1) is 17.9. The Morgan fingerprint density at radius 1 is 0.800 bits per heavy atom. The van der Waals surface area contributed by atoms with E-state index in [1.54, 1.807) is 0 Å². The van der Waals surface area contributed by atoms with E-state index in [0.717, 1.165) is 15.6 Å². The summed E-state index contributed by atoms with van der Waals surface area (Å²) in [6.45, 7) is 4.39. The van der Waals surface area contributed by atoms with E-state index in [1.807, 2.05) is 58.3 Å². The molecule has 2 aromatic rings. The average Bonchev–Trinajstić information content (AvgIpc) is 2.67. The Hall–Kier alpha value is -1.89. The molecule has 0 spiro atoms. The van der Waals surface area contributed by atoms with Crippen LogP contribution >= 0.6 is 22.6 Å². The first-order valence-electron chi connectivity index (χ1n) is 8.51. The molecule has 25 heavy (non-hydrogen) atoms. The zero-order valence-corrected chi connectivity index (χ0v) is 16.4. The maximum Gasteiger partial charge on any atom is 0.253 e. The summed E-state index contributed by atoms with van der Waals surface area (Å²) in [6.07, 6.45) is 0.966. The van der Waals surface area contributed by atoms with Gasteiger partial charge in [-0.15, -0.1) is 0 Å². The fourth-order valence-corrected chi connectivity index (χ4v) is 3.31.